The predicted octanol–water partition coefficient (Wildman–Crippen LogP) is 3.11. The minimum absolute atomic E-state index is 0.128. The first-order chi connectivity index (χ1) is 12.3. The minimum Gasteiger partial charge on any atom is -0.461 e. The smallest absolute Gasteiger partial charge is 0.407 e. The molecule has 2 rings (SSSR count). The molecule has 1 saturated heterocycles. The van der Waals surface area contributed by atoms with Gasteiger partial charge >= 0.3 is 12.1 Å². The SMILES string of the molecule is CC(C)(C)OC(=O)N[C@@H](CC(=O)OCc1ccccc1)CN1CCCC1. The van der Waals surface area contributed by atoms with Crippen LogP contribution in [0.15, 0.2) is 30.3 Å². The number of nitrogens with zero attached hydrogens (tertiary/aromatic N) is 1. The zero-order chi connectivity index (χ0) is 19.0. The van der Waals surface area contributed by atoms with Crippen molar-refractivity contribution in [2.45, 2.75) is 58.3 Å². The molecule has 26 heavy (non-hydrogen) atoms. The second-order valence-electron chi connectivity index (χ2n) is 7.70. The maximum Gasteiger partial charge on any atom is 0.407 e. The predicted molar refractivity (Wildman–Crippen MR) is 99.7 cm³/mol. The van der Waals surface area contributed by atoms with Gasteiger partial charge in [0.15, 0.2) is 0 Å². The fourth-order valence-corrected chi connectivity index (χ4v) is 2.91. The number of carbonyl (C=O) groups excluding carboxylic acids is 2. The van der Waals surface area contributed by atoms with Gasteiger partial charge in [-0.15, -0.1) is 0 Å². The number of benzene rings is 1. The Hall–Kier alpha value is -2.08. The van der Waals surface area contributed by atoms with E-state index in [-0.39, 0.29) is 25.0 Å². The Morgan fingerprint density at radius 1 is 1.15 bits per heavy atom. The molecule has 0 radical (unpaired) electrons. The molecule has 1 aliphatic heterocycles. The van der Waals surface area contributed by atoms with Crippen LogP contribution in [0.4, 0.5) is 4.79 Å². The molecule has 1 heterocycles. The minimum atomic E-state index is -0.573. The first-order valence-electron chi connectivity index (χ1n) is 9.23. The lowest BCUT2D eigenvalue weighted by atomic mass is 10.2. The molecule has 6 heteroatoms. The van der Waals surface area contributed by atoms with Gasteiger partial charge in [0.05, 0.1) is 12.5 Å². The molecule has 0 spiro atoms. The van der Waals surface area contributed by atoms with Gasteiger partial charge in [-0.2, -0.15) is 0 Å². The third kappa shape index (κ3) is 7.87. The van der Waals surface area contributed by atoms with E-state index in [9.17, 15) is 9.59 Å². The molecule has 1 atom stereocenters. The van der Waals surface area contributed by atoms with Gasteiger partial charge in [0.25, 0.3) is 0 Å². The van der Waals surface area contributed by atoms with Crippen molar-refractivity contribution in [3.05, 3.63) is 35.9 Å². The molecule has 0 saturated carbocycles. The molecule has 1 aromatic rings. The Balaban J connectivity index is 1.87. The third-order valence-electron chi connectivity index (χ3n) is 4.05. The van der Waals surface area contributed by atoms with E-state index < -0.39 is 11.7 Å². The average Bonchev–Trinajstić information content (AvgIpc) is 3.05. The molecular formula is C20H30N2O4. The Bertz CT molecular complexity index is 577. The molecule has 0 aliphatic carbocycles. The summed E-state index contributed by atoms with van der Waals surface area (Å²) < 4.78 is 10.7. The topological polar surface area (TPSA) is 67.9 Å². The van der Waals surface area contributed by atoms with E-state index in [2.05, 4.69) is 10.2 Å². The lowest BCUT2D eigenvalue weighted by Gasteiger charge is -2.26. The number of esters is 1. The number of carbonyl (C=O) groups is 2. The summed E-state index contributed by atoms with van der Waals surface area (Å²) in [5.41, 5.74) is 0.368. The summed E-state index contributed by atoms with van der Waals surface area (Å²) in [5, 5.41) is 2.83. The van der Waals surface area contributed by atoms with Crippen LogP contribution in [0.1, 0.15) is 45.6 Å². The van der Waals surface area contributed by atoms with Crippen molar-refractivity contribution in [2.75, 3.05) is 19.6 Å². The van der Waals surface area contributed by atoms with Crippen LogP contribution in [0.5, 0.6) is 0 Å². The number of amides is 1. The van der Waals surface area contributed by atoms with Crippen LogP contribution in [-0.4, -0.2) is 48.2 Å². The first kappa shape index (κ1) is 20.2. The fourth-order valence-electron chi connectivity index (χ4n) is 2.91. The van der Waals surface area contributed by atoms with Gasteiger partial charge < -0.3 is 19.7 Å². The summed E-state index contributed by atoms with van der Waals surface area (Å²) in [6.45, 7) is 8.29. The van der Waals surface area contributed by atoms with Crippen LogP contribution in [0.3, 0.4) is 0 Å². The number of hydrogen-bond acceptors (Lipinski definition) is 5. The van der Waals surface area contributed by atoms with E-state index in [1.54, 1.807) is 0 Å². The van der Waals surface area contributed by atoms with Crippen molar-refractivity contribution in [2.24, 2.45) is 0 Å². The maximum atomic E-state index is 12.2. The zero-order valence-electron chi connectivity index (χ0n) is 16.0. The number of rotatable bonds is 7. The molecule has 0 bridgehead atoms. The molecule has 0 unspecified atom stereocenters. The highest BCUT2D eigenvalue weighted by Gasteiger charge is 2.25. The van der Waals surface area contributed by atoms with Crippen molar-refractivity contribution < 1.29 is 19.1 Å². The zero-order valence-corrected chi connectivity index (χ0v) is 16.0. The average molecular weight is 362 g/mol. The first-order valence-corrected chi connectivity index (χ1v) is 9.23. The lowest BCUT2D eigenvalue weighted by Crippen LogP contribution is -2.46. The highest BCUT2D eigenvalue weighted by molar-refractivity contribution is 5.73. The van der Waals surface area contributed by atoms with Crippen molar-refractivity contribution in [1.82, 2.24) is 10.2 Å². The standard InChI is InChI=1S/C20H30N2O4/c1-20(2,3)26-19(24)21-17(14-22-11-7-8-12-22)13-18(23)25-15-16-9-5-4-6-10-16/h4-6,9-10,17H,7-8,11-15H2,1-3H3,(H,21,24)/t17-/m0/s1. The summed E-state index contributed by atoms with van der Waals surface area (Å²) in [5.74, 6) is -0.325. The van der Waals surface area contributed by atoms with Crippen LogP contribution in [-0.2, 0) is 20.9 Å². The summed E-state index contributed by atoms with van der Waals surface area (Å²) in [6, 6.07) is 9.22. The number of alkyl carbamates (subject to hydrolysis) is 1. The van der Waals surface area contributed by atoms with Gasteiger partial charge in [-0.05, 0) is 52.3 Å². The highest BCUT2D eigenvalue weighted by atomic mass is 16.6. The van der Waals surface area contributed by atoms with Crippen LogP contribution in [0, 0.1) is 0 Å². The Morgan fingerprint density at radius 2 is 1.81 bits per heavy atom. The van der Waals surface area contributed by atoms with Crippen LogP contribution >= 0.6 is 0 Å². The van der Waals surface area contributed by atoms with Crippen LogP contribution < -0.4 is 5.32 Å². The Labute approximate surface area is 155 Å². The fraction of sp³-hybridized carbons (Fsp3) is 0.600. The van der Waals surface area contributed by atoms with Gasteiger partial charge in [-0.1, -0.05) is 30.3 Å². The molecule has 1 N–H and O–H groups in total. The van der Waals surface area contributed by atoms with E-state index in [1.807, 2.05) is 51.1 Å². The molecule has 144 valence electrons. The second-order valence-corrected chi connectivity index (χ2v) is 7.70. The Morgan fingerprint density at radius 3 is 2.42 bits per heavy atom. The van der Waals surface area contributed by atoms with Crippen molar-refractivity contribution >= 4 is 12.1 Å². The number of nitrogens with one attached hydrogen (secondary N) is 1. The maximum absolute atomic E-state index is 12.2. The number of likely N-dealkylation sites (tertiary alicyclic amines) is 1. The van der Waals surface area contributed by atoms with Gasteiger partial charge in [-0.3, -0.25) is 4.79 Å². The number of ether oxygens (including phenoxy) is 2. The molecule has 1 aliphatic rings. The van der Waals surface area contributed by atoms with E-state index in [0.717, 1.165) is 31.5 Å². The summed E-state index contributed by atoms with van der Waals surface area (Å²) in [4.78, 5) is 26.6. The van der Waals surface area contributed by atoms with Gasteiger partial charge in [0, 0.05) is 6.54 Å². The van der Waals surface area contributed by atoms with E-state index in [0.29, 0.717) is 6.54 Å². The highest BCUT2D eigenvalue weighted by Crippen LogP contribution is 2.12. The van der Waals surface area contributed by atoms with E-state index in [1.165, 1.54) is 0 Å². The molecule has 1 amide bonds. The molecular weight excluding hydrogens is 332 g/mol. The second kappa shape index (κ2) is 9.57. The number of hydrogen-bond donors (Lipinski definition) is 1. The monoisotopic (exact) mass is 362 g/mol. The van der Waals surface area contributed by atoms with Gasteiger partial charge in [0.2, 0.25) is 0 Å². The molecule has 6 nitrogen and oxygen atoms in total. The lowest BCUT2D eigenvalue weighted by molar-refractivity contribution is -0.145. The molecule has 1 aromatic carbocycles. The largest absolute Gasteiger partial charge is 0.461 e. The summed E-state index contributed by atoms with van der Waals surface area (Å²) in [6.07, 6.45) is 1.93. The summed E-state index contributed by atoms with van der Waals surface area (Å²) >= 11 is 0. The van der Waals surface area contributed by atoms with Crippen LogP contribution in [0.2, 0.25) is 0 Å². The van der Waals surface area contributed by atoms with Crippen LogP contribution in [0.25, 0.3) is 0 Å². The molecule has 1 fully saturated rings. The normalized spacial score (nSPS) is 16.1. The summed E-state index contributed by atoms with van der Waals surface area (Å²) in [7, 11) is 0. The van der Waals surface area contributed by atoms with Crippen molar-refractivity contribution in [1.29, 1.82) is 0 Å². The molecule has 0 aromatic heterocycles. The van der Waals surface area contributed by atoms with Crippen molar-refractivity contribution in [3.63, 3.8) is 0 Å². The van der Waals surface area contributed by atoms with E-state index in [4.69, 9.17) is 9.47 Å². The third-order valence-corrected chi connectivity index (χ3v) is 4.05. The van der Waals surface area contributed by atoms with E-state index >= 15 is 0 Å². The Kier molecular flexibility index (Phi) is 7.45. The van der Waals surface area contributed by atoms with Crippen molar-refractivity contribution in [3.8, 4) is 0 Å². The quantitative estimate of drug-likeness (QED) is 0.755. The van der Waals surface area contributed by atoms with Gasteiger partial charge in [0.1, 0.15) is 12.2 Å². The van der Waals surface area contributed by atoms with Gasteiger partial charge in [-0.25, -0.2) is 4.79 Å².